The van der Waals surface area contributed by atoms with E-state index in [0.29, 0.717) is 16.8 Å². The zero-order chi connectivity index (χ0) is 20.0. The average Bonchev–Trinajstić information content (AvgIpc) is 2.65. The minimum atomic E-state index is -0.526. The molecule has 1 amide bonds. The van der Waals surface area contributed by atoms with E-state index in [1.807, 2.05) is 39.2 Å². The standard InChI is InChI=1S/C21H23NO4S/c1-21(2,3)20(25)22-15-11-9-14(10-12-15)17(23)13-26-19(24)16-7-5-6-8-18(16)27-4/h5-12H,13H2,1-4H3,(H,22,25). The van der Waals surface area contributed by atoms with Crippen LogP contribution in [0.1, 0.15) is 41.5 Å². The molecule has 0 aliphatic carbocycles. The van der Waals surface area contributed by atoms with Crippen molar-refractivity contribution in [2.45, 2.75) is 25.7 Å². The maximum atomic E-state index is 12.3. The highest BCUT2D eigenvalue weighted by molar-refractivity contribution is 7.98. The van der Waals surface area contributed by atoms with Crippen molar-refractivity contribution in [3.8, 4) is 0 Å². The molecular weight excluding hydrogens is 362 g/mol. The van der Waals surface area contributed by atoms with Gasteiger partial charge in [0.25, 0.3) is 0 Å². The number of carbonyl (C=O) groups excluding carboxylic acids is 3. The lowest BCUT2D eigenvalue weighted by Crippen LogP contribution is -2.27. The Hall–Kier alpha value is -2.60. The number of ether oxygens (including phenoxy) is 1. The van der Waals surface area contributed by atoms with Crippen LogP contribution in [-0.2, 0) is 9.53 Å². The zero-order valence-corrected chi connectivity index (χ0v) is 16.7. The minimum absolute atomic E-state index is 0.108. The number of carbonyl (C=O) groups is 3. The molecule has 0 aromatic heterocycles. The number of hydrogen-bond acceptors (Lipinski definition) is 5. The fraction of sp³-hybridized carbons (Fsp3) is 0.286. The largest absolute Gasteiger partial charge is 0.454 e. The van der Waals surface area contributed by atoms with Crippen molar-refractivity contribution in [3.05, 3.63) is 59.7 Å². The maximum absolute atomic E-state index is 12.3. The summed E-state index contributed by atoms with van der Waals surface area (Å²) in [6, 6.07) is 13.6. The van der Waals surface area contributed by atoms with Gasteiger partial charge in [-0.05, 0) is 42.7 Å². The zero-order valence-electron chi connectivity index (χ0n) is 15.9. The van der Waals surface area contributed by atoms with Gasteiger partial charge < -0.3 is 10.1 Å². The first-order chi connectivity index (χ1) is 12.7. The van der Waals surface area contributed by atoms with Gasteiger partial charge >= 0.3 is 5.97 Å². The summed E-state index contributed by atoms with van der Waals surface area (Å²) in [6.45, 7) is 5.13. The van der Waals surface area contributed by atoms with Crippen LogP contribution < -0.4 is 5.32 Å². The van der Waals surface area contributed by atoms with E-state index in [-0.39, 0.29) is 18.3 Å². The summed E-state index contributed by atoms with van der Waals surface area (Å²) in [5, 5.41) is 2.79. The molecule has 0 atom stereocenters. The summed E-state index contributed by atoms with van der Waals surface area (Å²) in [7, 11) is 0. The van der Waals surface area contributed by atoms with Crippen molar-refractivity contribution in [1.82, 2.24) is 0 Å². The molecule has 2 aromatic rings. The molecule has 0 bridgehead atoms. The first kappa shape index (κ1) is 20.7. The Morgan fingerprint density at radius 2 is 1.63 bits per heavy atom. The van der Waals surface area contributed by atoms with Crippen molar-refractivity contribution in [2.75, 3.05) is 18.2 Å². The van der Waals surface area contributed by atoms with E-state index in [1.54, 1.807) is 36.4 Å². The first-order valence-electron chi connectivity index (χ1n) is 8.47. The fourth-order valence-corrected chi connectivity index (χ4v) is 2.75. The molecule has 2 rings (SSSR count). The van der Waals surface area contributed by atoms with Gasteiger partial charge in [-0.25, -0.2) is 4.79 Å². The Balaban J connectivity index is 1.96. The number of esters is 1. The van der Waals surface area contributed by atoms with Gasteiger partial charge in [-0.15, -0.1) is 11.8 Å². The Morgan fingerprint density at radius 3 is 2.22 bits per heavy atom. The predicted molar refractivity (Wildman–Crippen MR) is 107 cm³/mol. The monoisotopic (exact) mass is 385 g/mol. The predicted octanol–water partition coefficient (Wildman–Crippen LogP) is 4.43. The van der Waals surface area contributed by atoms with Crippen LogP contribution in [0.4, 0.5) is 5.69 Å². The third kappa shape index (κ3) is 5.69. The van der Waals surface area contributed by atoms with Crippen LogP contribution in [0.5, 0.6) is 0 Å². The highest BCUT2D eigenvalue weighted by Crippen LogP contribution is 2.21. The molecule has 6 heteroatoms. The first-order valence-corrected chi connectivity index (χ1v) is 9.69. The van der Waals surface area contributed by atoms with Crippen molar-refractivity contribution in [3.63, 3.8) is 0 Å². The van der Waals surface area contributed by atoms with Crippen LogP contribution >= 0.6 is 11.8 Å². The Morgan fingerprint density at radius 1 is 1.00 bits per heavy atom. The molecule has 5 nitrogen and oxygen atoms in total. The quantitative estimate of drug-likeness (QED) is 0.452. The average molecular weight is 385 g/mol. The molecular formula is C21H23NO4S. The van der Waals surface area contributed by atoms with Crippen LogP contribution in [0.25, 0.3) is 0 Å². The van der Waals surface area contributed by atoms with Crippen molar-refractivity contribution < 1.29 is 19.1 Å². The number of Topliss-reactive ketones (excluding diaryl/α,β-unsaturated/α-hetero) is 1. The number of benzene rings is 2. The third-order valence-electron chi connectivity index (χ3n) is 3.81. The van der Waals surface area contributed by atoms with E-state index >= 15 is 0 Å². The minimum Gasteiger partial charge on any atom is -0.454 e. The lowest BCUT2D eigenvalue weighted by Gasteiger charge is -2.17. The second-order valence-corrected chi connectivity index (χ2v) is 7.83. The van der Waals surface area contributed by atoms with E-state index in [0.717, 1.165) is 4.90 Å². The molecule has 0 aliphatic rings. The molecule has 0 heterocycles. The molecule has 0 spiro atoms. The van der Waals surface area contributed by atoms with Gasteiger partial charge in [0, 0.05) is 21.6 Å². The summed E-state index contributed by atoms with van der Waals surface area (Å²) in [5.41, 5.74) is 0.959. The molecule has 27 heavy (non-hydrogen) atoms. The summed E-state index contributed by atoms with van der Waals surface area (Å²) in [6.07, 6.45) is 1.87. The molecule has 0 unspecified atom stereocenters. The second-order valence-electron chi connectivity index (χ2n) is 6.98. The Labute approximate surface area is 163 Å². The molecule has 0 saturated heterocycles. The van der Waals surface area contributed by atoms with Crippen LogP contribution in [-0.4, -0.2) is 30.5 Å². The topological polar surface area (TPSA) is 72.5 Å². The van der Waals surface area contributed by atoms with Crippen molar-refractivity contribution in [1.29, 1.82) is 0 Å². The van der Waals surface area contributed by atoms with Crippen LogP contribution in [0.2, 0.25) is 0 Å². The Kier molecular flexibility index (Phi) is 6.80. The van der Waals surface area contributed by atoms with Gasteiger partial charge in [0.1, 0.15) is 0 Å². The van der Waals surface area contributed by atoms with E-state index < -0.39 is 11.4 Å². The molecule has 0 fully saturated rings. The van der Waals surface area contributed by atoms with Crippen LogP contribution in [0, 0.1) is 5.41 Å². The van der Waals surface area contributed by atoms with Gasteiger partial charge in [-0.2, -0.15) is 0 Å². The van der Waals surface area contributed by atoms with E-state index in [2.05, 4.69) is 5.32 Å². The smallest absolute Gasteiger partial charge is 0.339 e. The number of ketones is 1. The van der Waals surface area contributed by atoms with Gasteiger partial charge in [0.15, 0.2) is 12.4 Å². The highest BCUT2D eigenvalue weighted by atomic mass is 32.2. The number of hydrogen-bond donors (Lipinski definition) is 1. The van der Waals surface area contributed by atoms with E-state index in [1.165, 1.54) is 11.8 Å². The fourth-order valence-electron chi connectivity index (χ4n) is 2.16. The number of amides is 1. The van der Waals surface area contributed by atoms with Gasteiger partial charge in [0.2, 0.25) is 5.91 Å². The summed E-state index contributed by atoms with van der Waals surface area (Å²) < 4.78 is 5.15. The molecule has 0 saturated carbocycles. The number of nitrogens with one attached hydrogen (secondary N) is 1. The highest BCUT2D eigenvalue weighted by Gasteiger charge is 2.21. The van der Waals surface area contributed by atoms with E-state index in [9.17, 15) is 14.4 Å². The van der Waals surface area contributed by atoms with E-state index in [4.69, 9.17) is 4.74 Å². The molecule has 0 aliphatic heterocycles. The molecule has 2 aromatic carbocycles. The van der Waals surface area contributed by atoms with Crippen LogP contribution in [0.15, 0.2) is 53.4 Å². The molecule has 1 N–H and O–H groups in total. The van der Waals surface area contributed by atoms with Crippen molar-refractivity contribution in [2.24, 2.45) is 5.41 Å². The van der Waals surface area contributed by atoms with Crippen molar-refractivity contribution >= 4 is 35.1 Å². The molecule has 142 valence electrons. The number of anilines is 1. The third-order valence-corrected chi connectivity index (χ3v) is 4.60. The molecule has 0 radical (unpaired) electrons. The summed E-state index contributed by atoms with van der Waals surface area (Å²) in [4.78, 5) is 37.2. The van der Waals surface area contributed by atoms with Crippen LogP contribution in [0.3, 0.4) is 0 Å². The SMILES string of the molecule is CSc1ccccc1C(=O)OCC(=O)c1ccc(NC(=O)C(C)(C)C)cc1. The lowest BCUT2D eigenvalue weighted by atomic mass is 9.95. The van der Waals surface area contributed by atoms with Gasteiger partial charge in [-0.1, -0.05) is 32.9 Å². The number of thioether (sulfide) groups is 1. The van der Waals surface area contributed by atoms with Gasteiger partial charge in [-0.3, -0.25) is 9.59 Å². The van der Waals surface area contributed by atoms with Gasteiger partial charge in [0.05, 0.1) is 5.56 Å². The number of rotatable bonds is 6. The lowest BCUT2D eigenvalue weighted by molar-refractivity contribution is -0.123. The Bertz CT molecular complexity index is 838. The summed E-state index contributed by atoms with van der Waals surface area (Å²) >= 11 is 1.44. The normalized spacial score (nSPS) is 11.0. The maximum Gasteiger partial charge on any atom is 0.339 e. The summed E-state index contributed by atoms with van der Waals surface area (Å²) in [5.74, 6) is -0.941. The second kappa shape index (κ2) is 8.86.